The van der Waals surface area contributed by atoms with E-state index in [2.05, 4.69) is 10.4 Å². The Morgan fingerprint density at radius 1 is 1.65 bits per heavy atom. The molecule has 0 unspecified atom stereocenters. The highest BCUT2D eigenvalue weighted by atomic mass is 16.6. The molecule has 17 heavy (non-hydrogen) atoms. The molecule has 0 saturated heterocycles. The Labute approximate surface area is 100 Å². The fourth-order valence-corrected chi connectivity index (χ4v) is 1.19. The fourth-order valence-electron chi connectivity index (χ4n) is 1.19. The highest BCUT2D eigenvalue weighted by Gasteiger charge is 2.16. The molecule has 0 spiro atoms. The number of aryl methyl sites for hydroxylation is 1. The topological polar surface area (TPSA) is 79.9 Å². The van der Waals surface area contributed by atoms with Crippen molar-refractivity contribution in [3.63, 3.8) is 0 Å². The minimum Gasteiger partial charge on any atom is -0.444 e. The molecule has 0 atom stereocenters. The van der Waals surface area contributed by atoms with Crippen LogP contribution in [-0.2, 0) is 18.3 Å². The van der Waals surface area contributed by atoms with Gasteiger partial charge in [0.05, 0.1) is 12.2 Å². The van der Waals surface area contributed by atoms with E-state index in [-0.39, 0.29) is 6.54 Å². The molecule has 1 rings (SSSR count). The van der Waals surface area contributed by atoms with Gasteiger partial charge < -0.3 is 10.1 Å². The van der Waals surface area contributed by atoms with E-state index in [0.717, 1.165) is 0 Å². The second kappa shape index (κ2) is 4.87. The standard InChI is InChI=1S/C11H16N4O2/c1-11(2,3)17-10(16)13-7-8-5-9(6-12)15(4)14-8/h5H,7H2,1-4H3,(H,13,16). The summed E-state index contributed by atoms with van der Waals surface area (Å²) < 4.78 is 6.54. The first-order valence-electron chi connectivity index (χ1n) is 5.21. The molecule has 92 valence electrons. The Morgan fingerprint density at radius 2 is 2.29 bits per heavy atom. The molecular weight excluding hydrogens is 220 g/mol. The summed E-state index contributed by atoms with van der Waals surface area (Å²) in [7, 11) is 1.68. The Morgan fingerprint density at radius 3 is 2.76 bits per heavy atom. The number of aromatic nitrogens is 2. The summed E-state index contributed by atoms with van der Waals surface area (Å²) in [4.78, 5) is 11.4. The van der Waals surface area contributed by atoms with E-state index >= 15 is 0 Å². The molecule has 6 heteroatoms. The number of ether oxygens (including phenoxy) is 1. The molecule has 1 aromatic rings. The van der Waals surface area contributed by atoms with E-state index in [4.69, 9.17) is 10.00 Å². The molecule has 1 heterocycles. The molecule has 0 fully saturated rings. The predicted octanol–water partition coefficient (Wildman–Crippen LogP) is 1.32. The molecule has 0 aliphatic heterocycles. The lowest BCUT2D eigenvalue weighted by atomic mass is 10.2. The number of hydrogen-bond donors (Lipinski definition) is 1. The van der Waals surface area contributed by atoms with Crippen molar-refractivity contribution in [3.05, 3.63) is 17.5 Å². The summed E-state index contributed by atoms with van der Waals surface area (Å²) >= 11 is 0. The van der Waals surface area contributed by atoms with Gasteiger partial charge in [-0.25, -0.2) is 4.79 Å². The van der Waals surface area contributed by atoms with Gasteiger partial charge in [0.25, 0.3) is 0 Å². The average Bonchev–Trinajstić information content (AvgIpc) is 2.53. The fraction of sp³-hybridized carbons (Fsp3) is 0.545. The van der Waals surface area contributed by atoms with Gasteiger partial charge in [0.1, 0.15) is 17.4 Å². The number of carbonyl (C=O) groups excluding carboxylic acids is 1. The van der Waals surface area contributed by atoms with Crippen molar-refractivity contribution in [2.45, 2.75) is 32.9 Å². The molecule has 0 radical (unpaired) electrons. The maximum atomic E-state index is 11.4. The van der Waals surface area contributed by atoms with Crippen LogP contribution < -0.4 is 5.32 Å². The Bertz CT molecular complexity index is 451. The molecular formula is C11H16N4O2. The van der Waals surface area contributed by atoms with Crippen molar-refractivity contribution >= 4 is 6.09 Å². The molecule has 1 aromatic heterocycles. The van der Waals surface area contributed by atoms with Crippen LogP contribution >= 0.6 is 0 Å². The van der Waals surface area contributed by atoms with Crippen molar-refractivity contribution < 1.29 is 9.53 Å². The van der Waals surface area contributed by atoms with Gasteiger partial charge in [-0.1, -0.05) is 0 Å². The monoisotopic (exact) mass is 236 g/mol. The van der Waals surface area contributed by atoms with Gasteiger partial charge in [-0.2, -0.15) is 10.4 Å². The van der Waals surface area contributed by atoms with Crippen molar-refractivity contribution in [2.24, 2.45) is 7.05 Å². The number of nitrogens with zero attached hydrogens (tertiary/aromatic N) is 3. The highest BCUT2D eigenvalue weighted by Crippen LogP contribution is 2.07. The Balaban J connectivity index is 2.51. The number of amides is 1. The van der Waals surface area contributed by atoms with Crippen LogP contribution in [0, 0.1) is 11.3 Å². The van der Waals surface area contributed by atoms with Gasteiger partial charge in [-0.3, -0.25) is 4.68 Å². The minimum absolute atomic E-state index is 0.241. The Kier molecular flexibility index (Phi) is 3.73. The maximum absolute atomic E-state index is 11.4. The zero-order valence-electron chi connectivity index (χ0n) is 10.4. The molecule has 0 bridgehead atoms. The second-order valence-corrected chi connectivity index (χ2v) is 4.61. The lowest BCUT2D eigenvalue weighted by Crippen LogP contribution is -2.32. The van der Waals surface area contributed by atoms with E-state index in [0.29, 0.717) is 11.4 Å². The zero-order valence-corrected chi connectivity index (χ0v) is 10.4. The summed E-state index contributed by atoms with van der Waals surface area (Å²) in [6, 6.07) is 3.62. The lowest BCUT2D eigenvalue weighted by Gasteiger charge is -2.19. The second-order valence-electron chi connectivity index (χ2n) is 4.61. The SMILES string of the molecule is Cn1nc(CNC(=O)OC(C)(C)C)cc1C#N. The Hall–Kier alpha value is -2.03. The summed E-state index contributed by atoms with van der Waals surface area (Å²) in [5, 5.41) is 15.4. The minimum atomic E-state index is -0.522. The number of hydrogen-bond acceptors (Lipinski definition) is 4. The van der Waals surface area contributed by atoms with E-state index in [1.165, 1.54) is 4.68 Å². The van der Waals surface area contributed by atoms with Crippen LogP contribution in [-0.4, -0.2) is 21.5 Å². The van der Waals surface area contributed by atoms with Gasteiger partial charge in [0.15, 0.2) is 0 Å². The molecule has 0 aliphatic carbocycles. The smallest absolute Gasteiger partial charge is 0.407 e. The van der Waals surface area contributed by atoms with E-state index < -0.39 is 11.7 Å². The first-order chi connectivity index (χ1) is 7.81. The summed E-state index contributed by atoms with van der Waals surface area (Å²) in [6.45, 7) is 5.62. The third-order valence-electron chi connectivity index (χ3n) is 1.86. The number of rotatable bonds is 2. The van der Waals surface area contributed by atoms with Crippen molar-refractivity contribution in [1.29, 1.82) is 5.26 Å². The van der Waals surface area contributed by atoms with Crippen molar-refractivity contribution in [1.82, 2.24) is 15.1 Å². The van der Waals surface area contributed by atoms with Gasteiger partial charge >= 0.3 is 6.09 Å². The molecule has 0 saturated carbocycles. The van der Waals surface area contributed by atoms with Crippen molar-refractivity contribution in [2.75, 3.05) is 0 Å². The highest BCUT2D eigenvalue weighted by molar-refractivity contribution is 5.67. The number of nitriles is 1. The summed E-state index contributed by atoms with van der Waals surface area (Å²) in [5.41, 5.74) is 0.548. The largest absolute Gasteiger partial charge is 0.444 e. The first-order valence-corrected chi connectivity index (χ1v) is 5.21. The third-order valence-corrected chi connectivity index (χ3v) is 1.86. The van der Waals surface area contributed by atoms with E-state index in [1.54, 1.807) is 33.9 Å². The normalized spacial score (nSPS) is 10.8. The van der Waals surface area contributed by atoms with Crippen LogP contribution in [0.1, 0.15) is 32.2 Å². The molecule has 0 aromatic carbocycles. The summed E-state index contributed by atoms with van der Waals surface area (Å²) in [5.74, 6) is 0. The van der Waals surface area contributed by atoms with Crippen LogP contribution in [0.25, 0.3) is 0 Å². The predicted molar refractivity (Wildman–Crippen MR) is 61.0 cm³/mol. The zero-order chi connectivity index (χ0) is 13.1. The molecule has 6 nitrogen and oxygen atoms in total. The molecule has 1 N–H and O–H groups in total. The van der Waals surface area contributed by atoms with Crippen LogP contribution in [0.5, 0.6) is 0 Å². The van der Waals surface area contributed by atoms with Gasteiger partial charge in [-0.15, -0.1) is 0 Å². The van der Waals surface area contributed by atoms with Gasteiger partial charge in [0.2, 0.25) is 0 Å². The quantitative estimate of drug-likeness (QED) is 0.839. The van der Waals surface area contributed by atoms with Crippen LogP contribution in [0.15, 0.2) is 6.07 Å². The maximum Gasteiger partial charge on any atom is 0.407 e. The lowest BCUT2D eigenvalue weighted by molar-refractivity contribution is 0.0523. The first kappa shape index (κ1) is 13.0. The van der Waals surface area contributed by atoms with Gasteiger partial charge in [0, 0.05) is 7.05 Å². The van der Waals surface area contributed by atoms with Gasteiger partial charge in [-0.05, 0) is 26.8 Å². The summed E-state index contributed by atoms with van der Waals surface area (Å²) in [6.07, 6.45) is -0.498. The van der Waals surface area contributed by atoms with Crippen LogP contribution in [0.2, 0.25) is 0 Å². The van der Waals surface area contributed by atoms with Crippen LogP contribution in [0.4, 0.5) is 4.79 Å². The van der Waals surface area contributed by atoms with E-state index in [1.807, 2.05) is 6.07 Å². The van der Waals surface area contributed by atoms with E-state index in [9.17, 15) is 4.79 Å². The molecule has 0 aliphatic rings. The third kappa shape index (κ3) is 4.15. The van der Waals surface area contributed by atoms with Crippen molar-refractivity contribution in [3.8, 4) is 6.07 Å². The molecule has 1 amide bonds. The average molecular weight is 236 g/mol. The number of nitrogens with one attached hydrogen (secondary N) is 1. The number of alkyl carbamates (subject to hydrolysis) is 1. The number of carbonyl (C=O) groups is 1. The van der Waals surface area contributed by atoms with Crippen LogP contribution in [0.3, 0.4) is 0 Å².